The third kappa shape index (κ3) is 3.60. The van der Waals surface area contributed by atoms with Crippen molar-refractivity contribution in [2.45, 2.75) is 13.5 Å². The fourth-order valence-corrected chi connectivity index (χ4v) is 3.55. The van der Waals surface area contributed by atoms with Crippen LogP contribution in [0.2, 0.25) is 0 Å². The van der Waals surface area contributed by atoms with Crippen LogP contribution in [-0.2, 0) is 6.54 Å². The molecule has 150 valence electrons. The highest BCUT2D eigenvalue weighted by atomic mass is 16.5. The zero-order valence-electron chi connectivity index (χ0n) is 16.7. The number of aromatic nitrogens is 2. The smallest absolute Gasteiger partial charge is 0.277 e. The van der Waals surface area contributed by atoms with Crippen LogP contribution in [-0.4, -0.2) is 32.8 Å². The van der Waals surface area contributed by atoms with Crippen molar-refractivity contribution in [2.24, 2.45) is 0 Å². The first kappa shape index (κ1) is 19.5. The molecular formula is C24H21N3O3. The lowest BCUT2D eigenvalue weighted by Crippen LogP contribution is -2.25. The molecular weight excluding hydrogens is 378 g/mol. The third-order valence-corrected chi connectivity index (χ3v) is 5.09. The van der Waals surface area contributed by atoms with Crippen molar-refractivity contribution in [2.75, 3.05) is 7.05 Å². The first-order valence-corrected chi connectivity index (χ1v) is 9.57. The lowest BCUT2D eigenvalue weighted by Gasteiger charge is -2.16. The van der Waals surface area contributed by atoms with Gasteiger partial charge in [-0.15, -0.1) is 0 Å². The van der Waals surface area contributed by atoms with Crippen molar-refractivity contribution in [3.05, 3.63) is 100 Å². The zero-order valence-corrected chi connectivity index (χ0v) is 16.7. The average molecular weight is 399 g/mol. The van der Waals surface area contributed by atoms with E-state index in [9.17, 15) is 14.8 Å². The number of carbonyl (C=O) groups excluding carboxylic acids is 1. The Bertz CT molecular complexity index is 1290. The van der Waals surface area contributed by atoms with Crippen molar-refractivity contribution in [3.8, 4) is 11.1 Å². The molecule has 0 bridgehead atoms. The summed E-state index contributed by atoms with van der Waals surface area (Å²) in [6, 6.07) is 22.1. The molecule has 0 aliphatic carbocycles. The highest BCUT2D eigenvalue weighted by molar-refractivity contribution is 6.00. The van der Waals surface area contributed by atoms with Gasteiger partial charge in [0.05, 0.1) is 17.4 Å². The van der Waals surface area contributed by atoms with E-state index >= 15 is 0 Å². The molecule has 1 amide bonds. The van der Waals surface area contributed by atoms with Crippen molar-refractivity contribution in [3.63, 3.8) is 0 Å². The Morgan fingerprint density at radius 1 is 1.03 bits per heavy atom. The molecule has 30 heavy (non-hydrogen) atoms. The average Bonchev–Trinajstić information content (AvgIpc) is 2.76. The molecule has 0 saturated carbocycles. The van der Waals surface area contributed by atoms with E-state index in [0.717, 1.165) is 11.1 Å². The second-order valence-corrected chi connectivity index (χ2v) is 7.14. The van der Waals surface area contributed by atoms with Gasteiger partial charge in [-0.2, -0.15) is 0 Å². The highest BCUT2D eigenvalue weighted by Crippen LogP contribution is 2.26. The molecule has 0 unspecified atom stereocenters. The van der Waals surface area contributed by atoms with Crippen LogP contribution in [0.4, 0.5) is 0 Å². The van der Waals surface area contributed by atoms with Crippen LogP contribution in [0.25, 0.3) is 22.0 Å². The van der Waals surface area contributed by atoms with Gasteiger partial charge in [0.2, 0.25) is 0 Å². The van der Waals surface area contributed by atoms with E-state index in [2.05, 4.69) is 4.98 Å². The number of carbonyl (C=O) groups is 1. The summed E-state index contributed by atoms with van der Waals surface area (Å²) in [5.41, 5.74) is 3.36. The second-order valence-electron chi connectivity index (χ2n) is 7.14. The van der Waals surface area contributed by atoms with Crippen LogP contribution in [0, 0.1) is 6.92 Å². The first-order chi connectivity index (χ1) is 14.5. The molecule has 0 saturated heterocycles. The Hall–Kier alpha value is -3.77. The molecule has 1 N–H and O–H groups in total. The minimum atomic E-state index is -0.499. The first-order valence-electron chi connectivity index (χ1n) is 9.57. The molecule has 0 aliphatic heterocycles. The lowest BCUT2D eigenvalue weighted by atomic mass is 9.96. The van der Waals surface area contributed by atoms with Crippen molar-refractivity contribution in [1.29, 1.82) is 0 Å². The summed E-state index contributed by atoms with van der Waals surface area (Å²) in [6.07, 6.45) is 0. The molecule has 3 aromatic carbocycles. The number of amides is 1. The van der Waals surface area contributed by atoms with Crippen LogP contribution in [0.5, 0.6) is 0 Å². The molecule has 1 heterocycles. The number of benzene rings is 3. The summed E-state index contributed by atoms with van der Waals surface area (Å²) < 4.78 is 1.63. The van der Waals surface area contributed by atoms with E-state index < -0.39 is 5.91 Å². The number of fused-ring (bicyclic) bond motifs is 1. The molecule has 1 aromatic heterocycles. The van der Waals surface area contributed by atoms with Gasteiger partial charge < -0.3 is 0 Å². The number of aryl methyl sites for hydroxylation is 1. The van der Waals surface area contributed by atoms with E-state index in [-0.39, 0.29) is 5.56 Å². The fourth-order valence-electron chi connectivity index (χ4n) is 3.55. The van der Waals surface area contributed by atoms with Gasteiger partial charge in [0.1, 0.15) is 5.82 Å². The largest absolute Gasteiger partial charge is 0.292 e. The van der Waals surface area contributed by atoms with E-state index in [1.54, 1.807) is 22.8 Å². The number of hydroxylamine groups is 2. The van der Waals surface area contributed by atoms with Gasteiger partial charge >= 0.3 is 0 Å². The topological polar surface area (TPSA) is 75.4 Å². The van der Waals surface area contributed by atoms with Crippen molar-refractivity contribution >= 4 is 16.8 Å². The maximum absolute atomic E-state index is 13.0. The minimum absolute atomic E-state index is 0.102. The summed E-state index contributed by atoms with van der Waals surface area (Å²) in [6.45, 7) is 2.14. The normalized spacial score (nSPS) is 10.9. The summed E-state index contributed by atoms with van der Waals surface area (Å²) in [7, 11) is 1.30. The summed E-state index contributed by atoms with van der Waals surface area (Å²) in [5.74, 6) is 0.122. The SMILES string of the molecule is Cc1nc2ccccc2c(=O)n1Cc1ccc(C(=O)N(C)O)c(-c2ccccc2)c1. The molecule has 0 radical (unpaired) electrons. The van der Waals surface area contributed by atoms with Crippen LogP contribution >= 0.6 is 0 Å². The van der Waals surface area contributed by atoms with Gasteiger partial charge in [0.25, 0.3) is 11.5 Å². The maximum atomic E-state index is 13.0. The third-order valence-electron chi connectivity index (χ3n) is 5.09. The van der Waals surface area contributed by atoms with Gasteiger partial charge in [0, 0.05) is 12.6 Å². The Morgan fingerprint density at radius 2 is 1.73 bits per heavy atom. The van der Waals surface area contributed by atoms with Gasteiger partial charge in [0.15, 0.2) is 0 Å². The van der Waals surface area contributed by atoms with Gasteiger partial charge in [-0.25, -0.2) is 10.0 Å². The maximum Gasteiger partial charge on any atom is 0.277 e. The van der Waals surface area contributed by atoms with Crippen LogP contribution in [0.3, 0.4) is 0 Å². The predicted molar refractivity (Wildman–Crippen MR) is 116 cm³/mol. The Labute approximate surface area is 173 Å². The molecule has 6 heteroatoms. The fraction of sp³-hybridized carbons (Fsp3) is 0.125. The molecule has 0 fully saturated rings. The van der Waals surface area contributed by atoms with E-state index in [1.807, 2.05) is 61.5 Å². The Morgan fingerprint density at radius 3 is 2.47 bits per heavy atom. The van der Waals surface area contributed by atoms with E-state index in [1.165, 1.54) is 7.05 Å². The molecule has 4 aromatic rings. The summed E-state index contributed by atoms with van der Waals surface area (Å²) in [4.78, 5) is 30.0. The molecule has 4 rings (SSSR count). The van der Waals surface area contributed by atoms with E-state index in [0.29, 0.717) is 39.5 Å². The molecule has 0 spiro atoms. The van der Waals surface area contributed by atoms with Gasteiger partial charge in [-0.1, -0.05) is 48.5 Å². The van der Waals surface area contributed by atoms with Gasteiger partial charge in [-0.3, -0.25) is 19.4 Å². The van der Waals surface area contributed by atoms with Gasteiger partial charge in [-0.05, 0) is 47.9 Å². The quantitative estimate of drug-likeness (QED) is 0.417. The molecule has 0 atom stereocenters. The van der Waals surface area contributed by atoms with Crippen molar-refractivity contribution < 1.29 is 10.0 Å². The zero-order chi connectivity index (χ0) is 21.3. The van der Waals surface area contributed by atoms with Crippen molar-refractivity contribution in [1.82, 2.24) is 14.6 Å². The number of para-hydroxylation sites is 1. The summed E-state index contributed by atoms with van der Waals surface area (Å²) >= 11 is 0. The highest BCUT2D eigenvalue weighted by Gasteiger charge is 2.17. The number of hydrogen-bond donors (Lipinski definition) is 1. The lowest BCUT2D eigenvalue weighted by molar-refractivity contribution is -0.0374. The number of rotatable bonds is 4. The number of hydrogen-bond acceptors (Lipinski definition) is 4. The Kier molecular flexibility index (Phi) is 5.16. The standard InChI is InChI=1S/C24H21N3O3/c1-16-25-22-11-7-6-10-20(22)24(29)27(16)15-17-12-13-19(23(28)26(2)30)21(14-17)18-8-4-3-5-9-18/h3-14,30H,15H2,1-2H3. The Balaban J connectivity index is 1.82. The predicted octanol–water partition coefficient (Wildman–Crippen LogP) is 3.88. The second kappa shape index (κ2) is 7.93. The summed E-state index contributed by atoms with van der Waals surface area (Å²) in [5, 5.41) is 10.8. The van der Waals surface area contributed by atoms with Crippen LogP contribution in [0.1, 0.15) is 21.7 Å². The molecule has 0 aliphatic rings. The van der Waals surface area contributed by atoms with Crippen LogP contribution < -0.4 is 5.56 Å². The minimum Gasteiger partial charge on any atom is -0.292 e. The molecule has 6 nitrogen and oxygen atoms in total. The monoisotopic (exact) mass is 399 g/mol. The number of nitrogens with zero attached hydrogens (tertiary/aromatic N) is 3. The van der Waals surface area contributed by atoms with E-state index in [4.69, 9.17) is 0 Å². The van der Waals surface area contributed by atoms with Crippen LogP contribution in [0.15, 0.2) is 77.6 Å².